The van der Waals surface area contributed by atoms with E-state index >= 15 is 0 Å². The molecule has 0 bridgehead atoms. The molecule has 3 aromatic rings. The van der Waals surface area contributed by atoms with Crippen LogP contribution >= 0.6 is 0 Å². The Morgan fingerprint density at radius 1 is 0.846 bits per heavy atom. The van der Waals surface area contributed by atoms with Crippen molar-refractivity contribution >= 4 is 17.6 Å². The fourth-order valence-electron chi connectivity index (χ4n) is 2.56. The fraction of sp³-hybridized carbons (Fsp3) is 0.0476. The van der Waals surface area contributed by atoms with Gasteiger partial charge in [0.25, 0.3) is 5.91 Å². The van der Waals surface area contributed by atoms with Crippen LogP contribution < -0.4 is 5.32 Å². The zero-order valence-electron chi connectivity index (χ0n) is 14.1. The first-order chi connectivity index (χ1) is 12.6. The van der Waals surface area contributed by atoms with Crippen molar-refractivity contribution in [3.05, 3.63) is 83.9 Å². The Morgan fingerprint density at radius 2 is 1.50 bits per heavy atom. The molecule has 0 aliphatic rings. The van der Waals surface area contributed by atoms with Crippen LogP contribution in [0.15, 0.2) is 72.8 Å². The van der Waals surface area contributed by atoms with Gasteiger partial charge in [0.05, 0.1) is 12.8 Å². The summed E-state index contributed by atoms with van der Waals surface area (Å²) >= 11 is 0. The van der Waals surface area contributed by atoms with E-state index in [4.69, 9.17) is 0 Å². The second-order valence-electron chi connectivity index (χ2n) is 5.59. The Balaban J connectivity index is 1.80. The number of methoxy groups -OCH3 is 1. The van der Waals surface area contributed by atoms with E-state index in [9.17, 15) is 14.7 Å². The maximum Gasteiger partial charge on any atom is 0.341 e. The molecule has 0 unspecified atom stereocenters. The third kappa shape index (κ3) is 3.57. The lowest BCUT2D eigenvalue weighted by atomic mass is 10.0. The number of amides is 1. The van der Waals surface area contributed by atoms with Gasteiger partial charge in [-0.25, -0.2) is 4.79 Å². The van der Waals surface area contributed by atoms with Crippen LogP contribution in [0.1, 0.15) is 20.7 Å². The van der Waals surface area contributed by atoms with Gasteiger partial charge in [-0.05, 0) is 35.4 Å². The smallest absolute Gasteiger partial charge is 0.341 e. The maximum absolute atomic E-state index is 12.4. The predicted molar refractivity (Wildman–Crippen MR) is 99.3 cm³/mol. The van der Waals surface area contributed by atoms with Crippen LogP contribution in [0.3, 0.4) is 0 Å². The van der Waals surface area contributed by atoms with Crippen molar-refractivity contribution in [1.82, 2.24) is 0 Å². The first-order valence-corrected chi connectivity index (χ1v) is 7.97. The predicted octanol–water partition coefficient (Wildman–Crippen LogP) is 4.10. The number of hydrogen-bond donors (Lipinski definition) is 2. The van der Waals surface area contributed by atoms with Crippen LogP contribution in [0.5, 0.6) is 5.75 Å². The van der Waals surface area contributed by atoms with Crippen LogP contribution in [-0.4, -0.2) is 24.1 Å². The third-order valence-corrected chi connectivity index (χ3v) is 3.94. The Labute approximate surface area is 150 Å². The van der Waals surface area contributed by atoms with Crippen molar-refractivity contribution in [1.29, 1.82) is 0 Å². The van der Waals surface area contributed by atoms with Crippen LogP contribution in [0, 0.1) is 0 Å². The highest BCUT2D eigenvalue weighted by molar-refractivity contribution is 6.06. The summed E-state index contributed by atoms with van der Waals surface area (Å²) in [5, 5.41) is 12.8. The molecule has 0 heterocycles. The maximum atomic E-state index is 12.4. The minimum atomic E-state index is -0.675. The standard InChI is InChI=1S/C21H17NO4/c1-26-21(25)17-8-5-9-18(19(17)23)22-20(24)16-12-10-15(11-13-16)14-6-3-2-4-7-14/h2-13,23H,1H3,(H,22,24). The number of nitrogens with one attached hydrogen (secondary N) is 1. The Kier molecular flexibility index (Phi) is 4.99. The molecule has 0 radical (unpaired) electrons. The number of rotatable bonds is 4. The molecule has 0 aromatic heterocycles. The number of carbonyl (C=O) groups is 2. The van der Waals surface area contributed by atoms with Crippen molar-refractivity contribution in [2.75, 3.05) is 12.4 Å². The van der Waals surface area contributed by atoms with Gasteiger partial charge >= 0.3 is 5.97 Å². The summed E-state index contributed by atoms with van der Waals surface area (Å²) in [5.41, 5.74) is 2.63. The molecular weight excluding hydrogens is 330 g/mol. The van der Waals surface area contributed by atoms with Crippen molar-refractivity contribution < 1.29 is 19.4 Å². The van der Waals surface area contributed by atoms with Crippen molar-refractivity contribution in [3.8, 4) is 16.9 Å². The van der Waals surface area contributed by atoms with E-state index in [1.807, 2.05) is 42.5 Å². The number of phenols is 1. The van der Waals surface area contributed by atoms with E-state index in [0.717, 1.165) is 11.1 Å². The van der Waals surface area contributed by atoms with Gasteiger partial charge in [0.2, 0.25) is 0 Å². The molecule has 0 aliphatic heterocycles. The largest absolute Gasteiger partial charge is 0.505 e. The first kappa shape index (κ1) is 17.2. The molecule has 0 aliphatic carbocycles. The molecule has 5 heteroatoms. The summed E-state index contributed by atoms with van der Waals surface area (Å²) in [4.78, 5) is 24.0. The summed E-state index contributed by atoms with van der Waals surface area (Å²) in [5.74, 6) is -1.39. The minimum absolute atomic E-state index is 0.00951. The minimum Gasteiger partial charge on any atom is -0.505 e. The molecular formula is C21H17NO4. The van der Waals surface area contributed by atoms with Gasteiger partial charge in [0.15, 0.2) is 5.75 Å². The lowest BCUT2D eigenvalue weighted by Crippen LogP contribution is -2.13. The second-order valence-corrected chi connectivity index (χ2v) is 5.59. The highest BCUT2D eigenvalue weighted by Crippen LogP contribution is 2.28. The van der Waals surface area contributed by atoms with Crippen LogP contribution in [0.25, 0.3) is 11.1 Å². The summed E-state index contributed by atoms with van der Waals surface area (Å²) in [7, 11) is 1.22. The first-order valence-electron chi connectivity index (χ1n) is 7.97. The molecule has 5 nitrogen and oxygen atoms in total. The van der Waals surface area contributed by atoms with Crippen molar-refractivity contribution in [3.63, 3.8) is 0 Å². The van der Waals surface area contributed by atoms with Crippen LogP contribution in [0.4, 0.5) is 5.69 Å². The number of aromatic hydroxyl groups is 1. The zero-order valence-corrected chi connectivity index (χ0v) is 14.1. The molecule has 130 valence electrons. The summed E-state index contributed by atoms with van der Waals surface area (Å²) in [6, 6.07) is 21.4. The van der Waals surface area contributed by atoms with E-state index in [-0.39, 0.29) is 22.9 Å². The zero-order chi connectivity index (χ0) is 18.5. The number of anilines is 1. The molecule has 0 spiro atoms. The summed E-state index contributed by atoms with van der Waals surface area (Å²) in [6.45, 7) is 0. The van der Waals surface area contributed by atoms with E-state index in [1.165, 1.54) is 19.2 Å². The quantitative estimate of drug-likeness (QED) is 0.550. The number of ether oxygens (including phenoxy) is 1. The molecule has 3 rings (SSSR count). The molecule has 0 saturated carbocycles. The fourth-order valence-corrected chi connectivity index (χ4v) is 2.56. The highest BCUT2D eigenvalue weighted by atomic mass is 16.5. The van der Waals surface area contributed by atoms with Crippen molar-refractivity contribution in [2.24, 2.45) is 0 Å². The highest BCUT2D eigenvalue weighted by Gasteiger charge is 2.16. The Bertz CT molecular complexity index is 934. The lowest BCUT2D eigenvalue weighted by Gasteiger charge is -2.10. The molecule has 2 N–H and O–H groups in total. The van der Waals surface area contributed by atoms with Crippen LogP contribution in [-0.2, 0) is 4.74 Å². The van der Waals surface area contributed by atoms with E-state index in [2.05, 4.69) is 10.1 Å². The SMILES string of the molecule is COC(=O)c1cccc(NC(=O)c2ccc(-c3ccccc3)cc2)c1O. The normalized spacial score (nSPS) is 10.2. The average molecular weight is 347 g/mol. The number of esters is 1. The van der Waals surface area contributed by atoms with Crippen LogP contribution in [0.2, 0.25) is 0 Å². The second kappa shape index (κ2) is 7.53. The molecule has 0 atom stereocenters. The van der Waals surface area contributed by atoms with E-state index in [0.29, 0.717) is 5.56 Å². The number of phenolic OH excluding ortho intramolecular Hbond substituents is 1. The monoisotopic (exact) mass is 347 g/mol. The van der Waals surface area contributed by atoms with E-state index < -0.39 is 5.97 Å². The van der Waals surface area contributed by atoms with Crippen molar-refractivity contribution in [2.45, 2.75) is 0 Å². The topological polar surface area (TPSA) is 75.6 Å². The molecule has 26 heavy (non-hydrogen) atoms. The van der Waals surface area contributed by atoms with Gasteiger partial charge < -0.3 is 15.2 Å². The Hall–Kier alpha value is -3.60. The molecule has 0 saturated heterocycles. The van der Waals surface area contributed by atoms with Gasteiger partial charge in [-0.3, -0.25) is 4.79 Å². The average Bonchev–Trinajstić information content (AvgIpc) is 2.69. The molecule has 1 amide bonds. The number of hydrogen-bond acceptors (Lipinski definition) is 4. The van der Waals surface area contributed by atoms with Gasteiger partial charge in [-0.2, -0.15) is 0 Å². The number of para-hydroxylation sites is 1. The van der Waals surface area contributed by atoms with E-state index in [1.54, 1.807) is 18.2 Å². The molecule has 0 fully saturated rings. The van der Waals surface area contributed by atoms with Gasteiger partial charge in [0, 0.05) is 5.56 Å². The summed E-state index contributed by atoms with van der Waals surface area (Å²) in [6.07, 6.45) is 0. The van der Waals surface area contributed by atoms with Gasteiger partial charge in [0.1, 0.15) is 5.56 Å². The van der Waals surface area contributed by atoms with Gasteiger partial charge in [-0.15, -0.1) is 0 Å². The third-order valence-electron chi connectivity index (χ3n) is 3.94. The number of benzene rings is 3. The Morgan fingerprint density at radius 3 is 2.15 bits per heavy atom. The number of carbonyl (C=O) groups excluding carboxylic acids is 2. The summed E-state index contributed by atoms with van der Waals surface area (Å²) < 4.78 is 4.61. The molecule has 3 aromatic carbocycles. The lowest BCUT2D eigenvalue weighted by molar-refractivity contribution is 0.0597. The van der Waals surface area contributed by atoms with Gasteiger partial charge in [-0.1, -0.05) is 48.5 Å².